The number of benzene rings is 2. The molecule has 1 N–H and O–H groups in total. The maximum absolute atomic E-state index is 16.3. The Morgan fingerprint density at radius 3 is 2.54 bits per heavy atom. The molecule has 12 heteroatoms. The first kappa shape index (κ1) is 31.6. The summed E-state index contributed by atoms with van der Waals surface area (Å²) in [5.41, 5.74) is -0.436. The Kier molecular flexibility index (Phi) is 9.04. The van der Waals surface area contributed by atoms with Crippen LogP contribution in [0.2, 0.25) is 0 Å². The third-order valence-electron chi connectivity index (χ3n) is 9.04. The number of methoxy groups -OCH3 is 2. The second kappa shape index (κ2) is 13.2. The number of anilines is 1. The number of phenolic OH excluding ortho intramolecular Hbond substituents is 1. The molecule has 0 spiro atoms. The average Bonchev–Trinajstić information content (AvgIpc) is 3.65. The van der Waals surface area contributed by atoms with E-state index in [1.165, 1.54) is 51.3 Å². The molecule has 3 saturated heterocycles. The number of hydrogen-bond acceptors (Lipinski definition) is 8. The SMILES string of the molecule is C#Cc1c(F)ccc2cc(O)cc(-c3nc(OC)c4c(N5CCCC(CF)C5)nc(OC)nc4c3F)c12.FC1CC2CCCN2C1. The number of terminal acetylenes is 1. The van der Waals surface area contributed by atoms with Crippen LogP contribution in [0.4, 0.5) is 23.4 Å². The highest BCUT2D eigenvalue weighted by molar-refractivity contribution is 6.04. The summed E-state index contributed by atoms with van der Waals surface area (Å²) in [5.74, 6) is 0.705. The number of pyridine rings is 1. The first-order valence-electron chi connectivity index (χ1n) is 15.4. The first-order chi connectivity index (χ1) is 22.3. The molecule has 3 fully saturated rings. The summed E-state index contributed by atoms with van der Waals surface area (Å²) < 4.78 is 67.8. The zero-order valence-corrected chi connectivity index (χ0v) is 25.7. The Hall–Kier alpha value is -4.37. The van der Waals surface area contributed by atoms with Crippen molar-refractivity contribution in [1.82, 2.24) is 19.9 Å². The molecule has 2 aromatic heterocycles. The zero-order valence-electron chi connectivity index (χ0n) is 25.7. The van der Waals surface area contributed by atoms with E-state index in [-0.39, 0.29) is 56.7 Å². The number of ether oxygens (including phenoxy) is 2. The Morgan fingerprint density at radius 2 is 1.83 bits per heavy atom. The molecule has 242 valence electrons. The molecule has 5 heterocycles. The Labute approximate surface area is 264 Å². The normalized spacial score (nSPS) is 21.2. The van der Waals surface area contributed by atoms with Crippen molar-refractivity contribution < 1.29 is 32.1 Å². The van der Waals surface area contributed by atoms with E-state index in [1.807, 2.05) is 4.90 Å². The molecule has 0 amide bonds. The number of aromatic hydroxyl groups is 1. The molecule has 8 nitrogen and oxygen atoms in total. The van der Waals surface area contributed by atoms with Gasteiger partial charge in [-0.1, -0.05) is 12.0 Å². The van der Waals surface area contributed by atoms with Crippen LogP contribution in [-0.2, 0) is 0 Å². The molecule has 2 aromatic carbocycles. The predicted octanol–water partition coefficient (Wildman–Crippen LogP) is 6.21. The number of phenols is 1. The fourth-order valence-electron chi connectivity index (χ4n) is 6.91. The number of alkyl halides is 2. The number of hydrogen-bond donors (Lipinski definition) is 1. The summed E-state index contributed by atoms with van der Waals surface area (Å²) >= 11 is 0. The lowest BCUT2D eigenvalue weighted by Gasteiger charge is -2.33. The van der Waals surface area contributed by atoms with Crippen LogP contribution in [-0.4, -0.2) is 84.2 Å². The lowest BCUT2D eigenvalue weighted by atomic mass is 9.95. The molecule has 3 aliphatic rings. The predicted molar refractivity (Wildman–Crippen MR) is 168 cm³/mol. The number of rotatable bonds is 5. The van der Waals surface area contributed by atoms with E-state index < -0.39 is 24.5 Å². The van der Waals surface area contributed by atoms with Gasteiger partial charge in [0.2, 0.25) is 5.88 Å². The molecule has 0 saturated carbocycles. The molecule has 0 radical (unpaired) electrons. The van der Waals surface area contributed by atoms with Crippen molar-refractivity contribution in [3.8, 4) is 41.2 Å². The molecule has 3 aliphatic heterocycles. The van der Waals surface area contributed by atoms with Gasteiger partial charge in [0.25, 0.3) is 0 Å². The Balaban J connectivity index is 0.000000352. The van der Waals surface area contributed by atoms with Crippen molar-refractivity contribution in [2.75, 3.05) is 52.0 Å². The number of nitrogens with zero attached hydrogens (tertiary/aromatic N) is 5. The van der Waals surface area contributed by atoms with Crippen molar-refractivity contribution in [3.63, 3.8) is 0 Å². The van der Waals surface area contributed by atoms with Gasteiger partial charge in [0.05, 0.1) is 26.5 Å². The fraction of sp³-hybridized carbons (Fsp3) is 0.441. The van der Waals surface area contributed by atoms with Gasteiger partial charge in [0.15, 0.2) is 5.82 Å². The third kappa shape index (κ3) is 5.84. The second-order valence-corrected chi connectivity index (χ2v) is 11.9. The van der Waals surface area contributed by atoms with Crippen molar-refractivity contribution in [3.05, 3.63) is 41.5 Å². The van der Waals surface area contributed by atoms with E-state index in [2.05, 4.69) is 25.8 Å². The average molecular weight is 638 g/mol. The maximum Gasteiger partial charge on any atom is 0.318 e. The van der Waals surface area contributed by atoms with E-state index >= 15 is 4.39 Å². The standard InChI is InChI=1S/C27H23F3N4O3.C7H12FN/c1-4-17-19(29)8-7-15-10-16(35)11-18(20(15)17)23-22(30)24-21(26(31-23)36-2)25(33-27(32-24)37-3)34-9-5-6-14(12-28)13-34;8-6-4-7-2-1-3-9(7)5-6/h1,7-8,10-11,14,35H,5-6,9,12-13H2,2-3H3;6-7H,1-5H2. The van der Waals surface area contributed by atoms with Crippen LogP contribution in [0.1, 0.15) is 37.7 Å². The number of fused-ring (bicyclic) bond motifs is 3. The first-order valence-corrected chi connectivity index (χ1v) is 15.4. The monoisotopic (exact) mass is 637 g/mol. The van der Waals surface area contributed by atoms with Gasteiger partial charge < -0.3 is 19.5 Å². The zero-order chi connectivity index (χ0) is 32.5. The molecule has 3 atom stereocenters. The molecular formula is C34H35F4N5O3. The van der Waals surface area contributed by atoms with Gasteiger partial charge in [0.1, 0.15) is 40.2 Å². The van der Waals surface area contributed by atoms with Crippen LogP contribution in [0, 0.1) is 29.9 Å². The fourth-order valence-corrected chi connectivity index (χ4v) is 6.91. The molecule has 0 aliphatic carbocycles. The lowest BCUT2D eigenvalue weighted by Crippen LogP contribution is -2.37. The Bertz CT molecular complexity index is 1800. The lowest BCUT2D eigenvalue weighted by molar-refractivity contribution is 0.292. The van der Waals surface area contributed by atoms with Crippen LogP contribution in [0.15, 0.2) is 24.3 Å². The highest BCUT2D eigenvalue weighted by Crippen LogP contribution is 2.42. The van der Waals surface area contributed by atoms with Crippen molar-refractivity contribution in [1.29, 1.82) is 0 Å². The maximum atomic E-state index is 16.3. The third-order valence-corrected chi connectivity index (χ3v) is 9.04. The van der Waals surface area contributed by atoms with Crippen molar-refractivity contribution in [2.45, 2.75) is 44.3 Å². The number of piperidine rings is 1. The minimum atomic E-state index is -0.865. The summed E-state index contributed by atoms with van der Waals surface area (Å²) in [4.78, 5) is 17.2. The van der Waals surface area contributed by atoms with Gasteiger partial charge in [0, 0.05) is 42.5 Å². The van der Waals surface area contributed by atoms with Gasteiger partial charge in [-0.15, -0.1) is 6.42 Å². The highest BCUT2D eigenvalue weighted by atomic mass is 19.1. The molecule has 46 heavy (non-hydrogen) atoms. The second-order valence-electron chi connectivity index (χ2n) is 11.9. The van der Waals surface area contributed by atoms with Crippen LogP contribution >= 0.6 is 0 Å². The quantitative estimate of drug-likeness (QED) is 0.205. The van der Waals surface area contributed by atoms with Crippen LogP contribution in [0.3, 0.4) is 0 Å². The van der Waals surface area contributed by atoms with E-state index in [9.17, 15) is 18.3 Å². The summed E-state index contributed by atoms with van der Waals surface area (Å²) in [6.45, 7) is 2.32. The molecular weight excluding hydrogens is 602 g/mol. The molecule has 7 rings (SSSR count). The number of halogens is 4. The van der Waals surface area contributed by atoms with E-state index in [0.29, 0.717) is 36.9 Å². The van der Waals surface area contributed by atoms with Gasteiger partial charge in [-0.25, -0.2) is 18.2 Å². The van der Waals surface area contributed by atoms with E-state index in [4.69, 9.17) is 15.9 Å². The van der Waals surface area contributed by atoms with Crippen LogP contribution in [0.5, 0.6) is 17.6 Å². The molecule has 3 unspecified atom stereocenters. The van der Waals surface area contributed by atoms with Gasteiger partial charge in [-0.3, -0.25) is 9.29 Å². The van der Waals surface area contributed by atoms with E-state index in [0.717, 1.165) is 25.8 Å². The van der Waals surface area contributed by atoms with Gasteiger partial charge in [-0.05, 0) is 62.2 Å². The summed E-state index contributed by atoms with van der Waals surface area (Å²) in [6, 6.07) is 5.79. The minimum Gasteiger partial charge on any atom is -0.508 e. The number of aromatic nitrogens is 3. The smallest absolute Gasteiger partial charge is 0.318 e. The minimum absolute atomic E-state index is 0.00146. The van der Waals surface area contributed by atoms with E-state index in [1.54, 1.807) is 0 Å². The van der Waals surface area contributed by atoms with Crippen LogP contribution < -0.4 is 14.4 Å². The van der Waals surface area contributed by atoms with Crippen LogP contribution in [0.25, 0.3) is 32.9 Å². The van der Waals surface area contributed by atoms with Gasteiger partial charge >= 0.3 is 6.01 Å². The molecule has 4 aromatic rings. The summed E-state index contributed by atoms with van der Waals surface area (Å²) in [7, 11) is 2.72. The van der Waals surface area contributed by atoms with Gasteiger partial charge in [-0.2, -0.15) is 9.97 Å². The summed E-state index contributed by atoms with van der Waals surface area (Å²) in [5, 5.41) is 11.2. The summed E-state index contributed by atoms with van der Waals surface area (Å²) in [6.07, 6.45) is 9.87. The van der Waals surface area contributed by atoms with Crippen molar-refractivity contribution >= 4 is 27.5 Å². The Morgan fingerprint density at radius 1 is 1.02 bits per heavy atom. The molecule has 0 bridgehead atoms. The topological polar surface area (TPSA) is 83.8 Å². The van der Waals surface area contributed by atoms with Crippen molar-refractivity contribution in [2.24, 2.45) is 5.92 Å². The highest BCUT2D eigenvalue weighted by Gasteiger charge is 2.35. The largest absolute Gasteiger partial charge is 0.508 e.